The first kappa shape index (κ1) is 14.5. The fourth-order valence-electron chi connectivity index (χ4n) is 3.31. The van der Waals surface area contributed by atoms with Gasteiger partial charge in [-0.25, -0.2) is 4.79 Å². The van der Waals surface area contributed by atoms with Gasteiger partial charge in [0, 0.05) is 19.3 Å². The van der Waals surface area contributed by atoms with E-state index in [0.717, 1.165) is 31.2 Å². The van der Waals surface area contributed by atoms with E-state index in [2.05, 4.69) is 0 Å². The molecule has 114 valence electrons. The monoisotopic (exact) mass is 290 g/mol. The number of methoxy groups -OCH3 is 1. The van der Waals surface area contributed by atoms with Crippen LogP contribution >= 0.6 is 0 Å². The van der Waals surface area contributed by atoms with Crippen LogP contribution in [0.15, 0.2) is 30.3 Å². The molecule has 2 atom stereocenters. The van der Waals surface area contributed by atoms with Gasteiger partial charge in [-0.2, -0.15) is 0 Å². The topological polar surface area (TPSA) is 44.8 Å². The maximum Gasteiger partial charge on any atom is 0.337 e. The van der Waals surface area contributed by atoms with Gasteiger partial charge in [-0.3, -0.25) is 0 Å². The molecule has 3 rings (SSSR count). The fourth-order valence-corrected chi connectivity index (χ4v) is 3.31. The van der Waals surface area contributed by atoms with Crippen molar-refractivity contribution in [3.05, 3.63) is 35.9 Å². The molecule has 2 aliphatic rings. The third kappa shape index (κ3) is 3.11. The van der Waals surface area contributed by atoms with E-state index in [0.29, 0.717) is 6.42 Å². The van der Waals surface area contributed by atoms with Crippen LogP contribution in [0.25, 0.3) is 0 Å². The SMILES string of the molecule is COC(=O)[C@H]1OC2(CCCCC2)O[C@@H]1Cc1ccccc1. The molecule has 1 saturated carbocycles. The van der Waals surface area contributed by atoms with Gasteiger partial charge in [-0.15, -0.1) is 0 Å². The Morgan fingerprint density at radius 3 is 2.57 bits per heavy atom. The first-order valence-electron chi connectivity index (χ1n) is 7.70. The van der Waals surface area contributed by atoms with Crippen LogP contribution in [-0.2, 0) is 25.4 Å². The van der Waals surface area contributed by atoms with Gasteiger partial charge in [0.05, 0.1) is 7.11 Å². The molecular weight excluding hydrogens is 268 g/mol. The first-order valence-corrected chi connectivity index (χ1v) is 7.70. The third-order valence-electron chi connectivity index (χ3n) is 4.37. The summed E-state index contributed by atoms with van der Waals surface area (Å²) in [4.78, 5) is 12.0. The van der Waals surface area contributed by atoms with Crippen molar-refractivity contribution in [3.63, 3.8) is 0 Å². The summed E-state index contributed by atoms with van der Waals surface area (Å²) < 4.78 is 17.1. The number of esters is 1. The molecule has 1 saturated heterocycles. The second-order valence-corrected chi connectivity index (χ2v) is 5.88. The van der Waals surface area contributed by atoms with Crippen molar-refractivity contribution in [2.24, 2.45) is 0 Å². The van der Waals surface area contributed by atoms with E-state index in [1.54, 1.807) is 0 Å². The van der Waals surface area contributed by atoms with Crippen LogP contribution in [0.5, 0.6) is 0 Å². The van der Waals surface area contributed by atoms with Crippen molar-refractivity contribution in [2.75, 3.05) is 7.11 Å². The summed E-state index contributed by atoms with van der Waals surface area (Å²) in [6.07, 6.45) is 4.91. The van der Waals surface area contributed by atoms with Gasteiger partial charge >= 0.3 is 5.97 Å². The van der Waals surface area contributed by atoms with Crippen LogP contribution in [0.4, 0.5) is 0 Å². The van der Waals surface area contributed by atoms with Crippen LogP contribution in [0, 0.1) is 0 Å². The van der Waals surface area contributed by atoms with Crippen LogP contribution in [0.1, 0.15) is 37.7 Å². The Kier molecular flexibility index (Phi) is 4.27. The molecule has 1 aromatic carbocycles. The first-order chi connectivity index (χ1) is 10.2. The van der Waals surface area contributed by atoms with Gasteiger partial charge < -0.3 is 14.2 Å². The minimum Gasteiger partial charge on any atom is -0.467 e. The molecule has 0 unspecified atom stereocenters. The van der Waals surface area contributed by atoms with Crippen LogP contribution < -0.4 is 0 Å². The van der Waals surface area contributed by atoms with Gasteiger partial charge in [-0.1, -0.05) is 36.8 Å². The van der Waals surface area contributed by atoms with E-state index in [9.17, 15) is 4.79 Å². The molecule has 1 aliphatic heterocycles. The Morgan fingerprint density at radius 2 is 1.90 bits per heavy atom. The largest absolute Gasteiger partial charge is 0.467 e. The van der Waals surface area contributed by atoms with E-state index >= 15 is 0 Å². The fraction of sp³-hybridized carbons (Fsp3) is 0.588. The van der Waals surface area contributed by atoms with Crippen molar-refractivity contribution in [1.82, 2.24) is 0 Å². The zero-order valence-electron chi connectivity index (χ0n) is 12.4. The number of carbonyl (C=O) groups excluding carboxylic acids is 1. The van der Waals surface area contributed by atoms with Crippen molar-refractivity contribution < 1.29 is 19.0 Å². The van der Waals surface area contributed by atoms with Gasteiger partial charge in [0.1, 0.15) is 6.10 Å². The smallest absolute Gasteiger partial charge is 0.337 e. The number of benzene rings is 1. The highest BCUT2D eigenvalue weighted by atomic mass is 16.8. The Labute approximate surface area is 125 Å². The molecule has 0 bridgehead atoms. The molecule has 1 heterocycles. The summed E-state index contributed by atoms with van der Waals surface area (Å²) >= 11 is 0. The Hall–Kier alpha value is -1.39. The van der Waals surface area contributed by atoms with E-state index in [4.69, 9.17) is 14.2 Å². The number of hydrogen-bond donors (Lipinski definition) is 0. The van der Waals surface area contributed by atoms with E-state index in [1.165, 1.54) is 13.5 Å². The number of rotatable bonds is 3. The predicted octanol–water partition coefficient (Wildman–Crippen LogP) is 2.85. The van der Waals surface area contributed by atoms with Crippen molar-refractivity contribution in [1.29, 1.82) is 0 Å². The molecule has 4 nitrogen and oxygen atoms in total. The van der Waals surface area contributed by atoms with Crippen LogP contribution in [0.2, 0.25) is 0 Å². The maximum atomic E-state index is 12.0. The van der Waals surface area contributed by atoms with Gasteiger partial charge in [0.2, 0.25) is 0 Å². The number of hydrogen-bond acceptors (Lipinski definition) is 4. The second kappa shape index (κ2) is 6.16. The summed E-state index contributed by atoms with van der Waals surface area (Å²) in [5.74, 6) is -0.908. The molecule has 0 N–H and O–H groups in total. The van der Waals surface area contributed by atoms with Crippen LogP contribution in [-0.4, -0.2) is 31.1 Å². The molecular formula is C17H22O4. The zero-order valence-corrected chi connectivity index (χ0v) is 12.4. The highest BCUT2D eigenvalue weighted by molar-refractivity contribution is 5.75. The van der Waals surface area contributed by atoms with Crippen molar-refractivity contribution >= 4 is 5.97 Å². The summed E-state index contributed by atoms with van der Waals surface area (Å²) in [7, 11) is 1.40. The van der Waals surface area contributed by atoms with Gasteiger partial charge in [-0.05, 0) is 18.4 Å². The van der Waals surface area contributed by atoms with Gasteiger partial charge in [0.15, 0.2) is 11.9 Å². The summed E-state index contributed by atoms with van der Waals surface area (Å²) in [5.41, 5.74) is 1.15. The molecule has 1 aromatic rings. The molecule has 0 aromatic heterocycles. The average Bonchev–Trinajstić information content (AvgIpc) is 2.86. The number of ether oxygens (including phenoxy) is 3. The Morgan fingerprint density at radius 1 is 1.19 bits per heavy atom. The standard InChI is InChI=1S/C17H22O4/c1-19-16(18)15-14(12-13-8-4-2-5-9-13)20-17(21-15)10-6-3-7-11-17/h2,4-5,8-9,14-15H,3,6-7,10-12H2,1H3/t14-,15+/m1/s1. The quantitative estimate of drug-likeness (QED) is 0.803. The summed E-state index contributed by atoms with van der Waals surface area (Å²) in [5, 5.41) is 0. The molecule has 1 spiro atoms. The number of carbonyl (C=O) groups is 1. The minimum absolute atomic E-state index is 0.266. The average molecular weight is 290 g/mol. The normalized spacial score (nSPS) is 27.7. The lowest BCUT2D eigenvalue weighted by Crippen LogP contribution is -2.35. The predicted molar refractivity (Wildman–Crippen MR) is 77.7 cm³/mol. The molecule has 1 aliphatic carbocycles. The highest BCUT2D eigenvalue weighted by Gasteiger charge is 2.51. The maximum absolute atomic E-state index is 12.0. The Bertz CT molecular complexity index is 479. The molecule has 4 heteroatoms. The lowest BCUT2D eigenvalue weighted by atomic mass is 9.94. The molecule has 0 radical (unpaired) electrons. The third-order valence-corrected chi connectivity index (χ3v) is 4.37. The van der Waals surface area contributed by atoms with Crippen LogP contribution in [0.3, 0.4) is 0 Å². The van der Waals surface area contributed by atoms with Gasteiger partial charge in [0.25, 0.3) is 0 Å². The highest BCUT2D eigenvalue weighted by Crippen LogP contribution is 2.41. The molecule has 21 heavy (non-hydrogen) atoms. The lowest BCUT2D eigenvalue weighted by Gasteiger charge is -2.31. The zero-order chi connectivity index (χ0) is 14.7. The van der Waals surface area contributed by atoms with E-state index < -0.39 is 11.9 Å². The Balaban J connectivity index is 1.77. The second-order valence-electron chi connectivity index (χ2n) is 5.88. The summed E-state index contributed by atoms with van der Waals surface area (Å²) in [6, 6.07) is 10.1. The van der Waals surface area contributed by atoms with Crippen molar-refractivity contribution in [2.45, 2.75) is 56.5 Å². The minimum atomic E-state index is -0.617. The molecule has 0 amide bonds. The van der Waals surface area contributed by atoms with E-state index in [-0.39, 0.29) is 12.1 Å². The van der Waals surface area contributed by atoms with Crippen molar-refractivity contribution in [3.8, 4) is 0 Å². The van der Waals surface area contributed by atoms with E-state index in [1.807, 2.05) is 30.3 Å². The molecule has 2 fully saturated rings. The lowest BCUT2D eigenvalue weighted by molar-refractivity contribution is -0.199. The summed E-state index contributed by atoms with van der Waals surface area (Å²) in [6.45, 7) is 0.